The maximum Gasteiger partial charge on any atom is 0.260 e. The summed E-state index contributed by atoms with van der Waals surface area (Å²) in [5, 5.41) is 10.7. The van der Waals surface area contributed by atoms with Gasteiger partial charge in [0.15, 0.2) is 17.1 Å². The topological polar surface area (TPSA) is 84.8 Å². The zero-order valence-corrected chi connectivity index (χ0v) is 19.6. The second kappa shape index (κ2) is 9.68. The fourth-order valence-electron chi connectivity index (χ4n) is 6.88. The molecule has 5 aliphatic rings. The molecule has 1 N–H and O–H groups in total. The first-order chi connectivity index (χ1) is 16.1. The van der Waals surface area contributed by atoms with Crippen molar-refractivity contribution in [3.8, 4) is 11.5 Å². The first-order valence-corrected chi connectivity index (χ1v) is 12.2. The molecule has 33 heavy (non-hydrogen) atoms. The van der Waals surface area contributed by atoms with Gasteiger partial charge in [-0.3, -0.25) is 0 Å². The van der Waals surface area contributed by atoms with Crippen LogP contribution < -0.4 is 4.74 Å². The number of phenols is 1. The number of ether oxygens (including phenoxy) is 5. The zero-order valence-electron chi connectivity index (χ0n) is 19.6. The van der Waals surface area contributed by atoms with Crippen molar-refractivity contribution in [2.45, 2.75) is 43.5 Å². The van der Waals surface area contributed by atoms with E-state index in [0.29, 0.717) is 57.2 Å². The van der Waals surface area contributed by atoms with Gasteiger partial charge in [0, 0.05) is 19.8 Å². The lowest BCUT2D eigenvalue weighted by Gasteiger charge is -2.68. The van der Waals surface area contributed by atoms with E-state index >= 15 is 0 Å². The first kappa shape index (κ1) is 23.3. The van der Waals surface area contributed by atoms with Gasteiger partial charge < -0.3 is 28.8 Å². The molecule has 4 bridgehead atoms. The molecular formula is C25H36O8. The minimum atomic E-state index is -0.989. The van der Waals surface area contributed by atoms with E-state index in [2.05, 4.69) is 0 Å². The van der Waals surface area contributed by atoms with Gasteiger partial charge in [-0.15, -0.1) is 0 Å². The molecule has 1 unspecified atom stereocenters. The third-order valence-corrected chi connectivity index (χ3v) is 8.08. The van der Waals surface area contributed by atoms with Gasteiger partial charge in [0.2, 0.25) is 0 Å². The Bertz CT molecular complexity index is 782. The number of aromatic hydroxyl groups is 1. The van der Waals surface area contributed by atoms with Crippen LogP contribution in [0.25, 0.3) is 0 Å². The summed E-state index contributed by atoms with van der Waals surface area (Å²) in [6, 6.07) is 5.38. The van der Waals surface area contributed by atoms with Crippen LogP contribution in [0, 0.1) is 23.7 Å². The fraction of sp³-hybridized carbons (Fsp3) is 0.760. The SMILES string of the molecule is COCCOCCOCCOc1ccc(C2(OC)OOC23C2CC4CC(C2)CC3C4)cc1O. The van der Waals surface area contributed by atoms with Gasteiger partial charge in [0.1, 0.15) is 6.61 Å². The molecule has 1 atom stereocenters. The predicted octanol–water partition coefficient (Wildman–Crippen LogP) is 3.41. The van der Waals surface area contributed by atoms with Crippen LogP contribution in [0.3, 0.4) is 0 Å². The Hall–Kier alpha value is -1.42. The monoisotopic (exact) mass is 464 g/mol. The Kier molecular flexibility index (Phi) is 6.84. The molecule has 6 rings (SSSR count). The molecule has 8 heteroatoms. The van der Waals surface area contributed by atoms with E-state index < -0.39 is 11.4 Å². The molecule has 184 valence electrons. The highest BCUT2D eigenvalue weighted by Gasteiger charge is 2.76. The molecule has 1 saturated heterocycles. The van der Waals surface area contributed by atoms with Crippen LogP contribution >= 0.6 is 0 Å². The van der Waals surface area contributed by atoms with E-state index in [1.165, 1.54) is 32.1 Å². The molecule has 1 aliphatic heterocycles. The highest BCUT2D eigenvalue weighted by molar-refractivity contribution is 5.45. The molecule has 8 nitrogen and oxygen atoms in total. The van der Waals surface area contributed by atoms with Crippen LogP contribution in [0.15, 0.2) is 18.2 Å². The average Bonchev–Trinajstić information content (AvgIpc) is 2.79. The highest BCUT2D eigenvalue weighted by atomic mass is 17.3. The van der Waals surface area contributed by atoms with Crippen LogP contribution in [0.4, 0.5) is 0 Å². The van der Waals surface area contributed by atoms with E-state index in [-0.39, 0.29) is 5.75 Å². The molecule has 1 spiro atoms. The summed E-state index contributed by atoms with van der Waals surface area (Å²) in [6.07, 6.45) is 6.05. The normalized spacial score (nSPS) is 36.3. The third kappa shape index (κ3) is 3.94. The molecule has 0 radical (unpaired) electrons. The van der Waals surface area contributed by atoms with Crippen molar-refractivity contribution in [3.05, 3.63) is 23.8 Å². The van der Waals surface area contributed by atoms with Crippen LogP contribution in [0.2, 0.25) is 0 Å². The van der Waals surface area contributed by atoms with Crippen LogP contribution in [0.1, 0.15) is 37.7 Å². The summed E-state index contributed by atoms with van der Waals surface area (Å²) in [5.74, 6) is 1.94. The number of methoxy groups -OCH3 is 2. The molecule has 0 amide bonds. The molecule has 1 heterocycles. The predicted molar refractivity (Wildman–Crippen MR) is 118 cm³/mol. The van der Waals surface area contributed by atoms with Crippen molar-refractivity contribution in [1.82, 2.24) is 0 Å². The number of hydrogen-bond acceptors (Lipinski definition) is 8. The van der Waals surface area contributed by atoms with Crippen molar-refractivity contribution in [3.63, 3.8) is 0 Å². The van der Waals surface area contributed by atoms with E-state index in [9.17, 15) is 5.11 Å². The van der Waals surface area contributed by atoms with Crippen LogP contribution in [0.5, 0.6) is 11.5 Å². The molecule has 1 aromatic carbocycles. The average molecular weight is 465 g/mol. The zero-order chi connectivity index (χ0) is 22.9. The van der Waals surface area contributed by atoms with E-state index in [0.717, 1.165) is 17.4 Å². The molecule has 4 saturated carbocycles. The number of phenolic OH excluding ortho intramolecular Hbond substituents is 1. The maximum atomic E-state index is 10.7. The Labute approximate surface area is 195 Å². The summed E-state index contributed by atoms with van der Waals surface area (Å²) in [6.45, 7) is 2.86. The lowest BCUT2D eigenvalue weighted by Crippen LogP contribution is -2.76. The van der Waals surface area contributed by atoms with Crippen LogP contribution in [-0.4, -0.2) is 64.6 Å². The van der Waals surface area contributed by atoms with Gasteiger partial charge in [0.25, 0.3) is 5.79 Å². The van der Waals surface area contributed by atoms with Gasteiger partial charge >= 0.3 is 0 Å². The molecular weight excluding hydrogens is 428 g/mol. The Morgan fingerprint density at radius 3 is 2.03 bits per heavy atom. The quantitative estimate of drug-likeness (QED) is 0.372. The van der Waals surface area contributed by atoms with Gasteiger partial charge in [-0.1, -0.05) is 0 Å². The second-order valence-corrected chi connectivity index (χ2v) is 9.83. The second-order valence-electron chi connectivity index (χ2n) is 9.83. The smallest absolute Gasteiger partial charge is 0.260 e. The van der Waals surface area contributed by atoms with E-state index in [1.807, 2.05) is 6.07 Å². The van der Waals surface area contributed by atoms with Crippen molar-refractivity contribution >= 4 is 0 Å². The standard InChI is InChI=1S/C25H36O8/c1-27-5-6-29-7-8-30-9-10-31-23-4-3-19(16-22(23)26)25(28-2)24(32-33-25)20-12-17-11-18(14-20)15-21(24)13-17/h3-4,16-18,20-21,26H,5-15H2,1-2H3. The van der Waals surface area contributed by atoms with Crippen molar-refractivity contribution in [2.75, 3.05) is 53.9 Å². The lowest BCUT2D eigenvalue weighted by atomic mass is 9.47. The summed E-state index contributed by atoms with van der Waals surface area (Å²) in [7, 11) is 3.31. The van der Waals surface area contributed by atoms with Crippen molar-refractivity contribution in [1.29, 1.82) is 0 Å². The minimum absolute atomic E-state index is 0.0568. The Balaban J connectivity index is 1.19. The van der Waals surface area contributed by atoms with E-state index in [4.69, 9.17) is 33.5 Å². The lowest BCUT2D eigenvalue weighted by molar-refractivity contribution is -0.645. The van der Waals surface area contributed by atoms with Crippen molar-refractivity contribution < 1.29 is 38.6 Å². The van der Waals surface area contributed by atoms with Gasteiger partial charge in [-0.25, -0.2) is 4.89 Å². The molecule has 5 fully saturated rings. The number of hydrogen-bond donors (Lipinski definition) is 1. The molecule has 4 aliphatic carbocycles. The summed E-state index contributed by atoms with van der Waals surface area (Å²) < 4.78 is 27.5. The Morgan fingerprint density at radius 2 is 1.48 bits per heavy atom. The summed E-state index contributed by atoms with van der Waals surface area (Å²) >= 11 is 0. The van der Waals surface area contributed by atoms with Crippen LogP contribution in [-0.2, 0) is 34.5 Å². The van der Waals surface area contributed by atoms with Crippen molar-refractivity contribution in [2.24, 2.45) is 23.7 Å². The van der Waals surface area contributed by atoms with E-state index in [1.54, 1.807) is 26.4 Å². The third-order valence-electron chi connectivity index (χ3n) is 8.08. The van der Waals surface area contributed by atoms with Gasteiger partial charge in [-0.2, -0.15) is 4.89 Å². The largest absolute Gasteiger partial charge is 0.504 e. The highest BCUT2D eigenvalue weighted by Crippen LogP contribution is 2.69. The fourth-order valence-corrected chi connectivity index (χ4v) is 6.88. The van der Waals surface area contributed by atoms with Gasteiger partial charge in [0.05, 0.1) is 33.0 Å². The summed E-state index contributed by atoms with van der Waals surface area (Å²) in [4.78, 5) is 11.8. The Morgan fingerprint density at radius 1 is 0.848 bits per heavy atom. The molecule has 1 aromatic rings. The maximum absolute atomic E-state index is 10.7. The summed E-state index contributed by atoms with van der Waals surface area (Å²) in [5.41, 5.74) is 0.307. The van der Waals surface area contributed by atoms with Gasteiger partial charge in [-0.05, 0) is 74.0 Å². The molecule has 0 aromatic heterocycles. The minimum Gasteiger partial charge on any atom is -0.504 e. The number of benzene rings is 1. The number of rotatable bonds is 12. The first-order valence-electron chi connectivity index (χ1n) is 12.2.